The van der Waals surface area contributed by atoms with Gasteiger partial charge in [-0.3, -0.25) is 25.2 Å². The first-order valence-corrected chi connectivity index (χ1v) is 11.3. The standard InChI is InChI=1S/C26H22N6O4/c1-3-31-15(2)27-21-14-17(10-12-22(21)31)24(34)30-29-23(33)16-9-11-19-20(13-16)28-26(36)32(25(19)35)18-7-5-4-6-8-18/h4-14H,3H2,1-2H3,(H,28,36)(H,29,33)(H,30,34). The summed E-state index contributed by atoms with van der Waals surface area (Å²) in [7, 11) is 0. The van der Waals surface area contributed by atoms with E-state index in [0.29, 0.717) is 16.8 Å². The minimum absolute atomic E-state index is 0.156. The summed E-state index contributed by atoms with van der Waals surface area (Å²) in [5, 5.41) is 0.245. The van der Waals surface area contributed by atoms with E-state index in [1.165, 1.54) is 18.2 Å². The van der Waals surface area contributed by atoms with Crippen LogP contribution in [-0.2, 0) is 6.54 Å². The fourth-order valence-corrected chi connectivity index (χ4v) is 4.22. The first kappa shape index (κ1) is 22.8. The van der Waals surface area contributed by atoms with Gasteiger partial charge in [0.15, 0.2) is 0 Å². The van der Waals surface area contributed by atoms with Crippen LogP contribution < -0.4 is 22.1 Å². The monoisotopic (exact) mass is 482 g/mol. The Morgan fingerprint density at radius 3 is 2.28 bits per heavy atom. The predicted octanol–water partition coefficient (Wildman–Crippen LogP) is 2.43. The molecular weight excluding hydrogens is 460 g/mol. The van der Waals surface area contributed by atoms with Crippen LogP contribution in [-0.4, -0.2) is 30.9 Å². The van der Waals surface area contributed by atoms with E-state index in [0.717, 1.165) is 22.5 Å². The maximum Gasteiger partial charge on any atom is 0.333 e. The molecule has 0 radical (unpaired) electrons. The summed E-state index contributed by atoms with van der Waals surface area (Å²) < 4.78 is 3.07. The van der Waals surface area contributed by atoms with Crippen molar-refractivity contribution in [3.8, 4) is 5.69 Å². The van der Waals surface area contributed by atoms with Gasteiger partial charge in [-0.05, 0) is 62.4 Å². The van der Waals surface area contributed by atoms with Gasteiger partial charge in [-0.15, -0.1) is 0 Å². The Hall–Kier alpha value is -4.99. The van der Waals surface area contributed by atoms with Crippen LogP contribution in [0, 0.1) is 6.92 Å². The molecule has 10 nitrogen and oxygen atoms in total. The van der Waals surface area contributed by atoms with Crippen molar-refractivity contribution in [2.24, 2.45) is 0 Å². The molecule has 3 N–H and O–H groups in total. The van der Waals surface area contributed by atoms with Crippen LogP contribution in [0.1, 0.15) is 33.5 Å². The van der Waals surface area contributed by atoms with E-state index in [2.05, 4.69) is 20.8 Å². The maximum absolute atomic E-state index is 12.9. The Balaban J connectivity index is 1.36. The summed E-state index contributed by atoms with van der Waals surface area (Å²) in [6.07, 6.45) is 0. The number of nitrogens with zero attached hydrogens (tertiary/aromatic N) is 3. The Bertz CT molecular complexity index is 1770. The number of aromatic amines is 1. The molecule has 0 saturated heterocycles. The predicted molar refractivity (Wildman–Crippen MR) is 135 cm³/mol. The summed E-state index contributed by atoms with van der Waals surface area (Å²) in [6, 6.07) is 18.0. The quantitative estimate of drug-likeness (QED) is 0.339. The van der Waals surface area contributed by atoms with Crippen LogP contribution in [0.5, 0.6) is 0 Å². The maximum atomic E-state index is 12.9. The summed E-state index contributed by atoms with van der Waals surface area (Å²) in [5.74, 6) is -0.261. The molecule has 5 rings (SSSR count). The van der Waals surface area contributed by atoms with Gasteiger partial charge in [0.05, 0.1) is 27.6 Å². The number of carbonyl (C=O) groups excluding carboxylic acids is 2. The van der Waals surface area contributed by atoms with Crippen molar-refractivity contribution >= 4 is 33.8 Å². The molecule has 180 valence electrons. The number of hydrogen-bond donors (Lipinski definition) is 3. The molecule has 0 bridgehead atoms. The number of H-pyrrole nitrogens is 1. The van der Waals surface area contributed by atoms with E-state index in [4.69, 9.17) is 0 Å². The van der Waals surface area contributed by atoms with Gasteiger partial charge in [0.25, 0.3) is 17.4 Å². The topological polar surface area (TPSA) is 131 Å². The van der Waals surface area contributed by atoms with Crippen LogP contribution in [0.4, 0.5) is 0 Å². The molecule has 0 fully saturated rings. The highest BCUT2D eigenvalue weighted by atomic mass is 16.2. The molecule has 3 aromatic carbocycles. The van der Waals surface area contributed by atoms with Gasteiger partial charge < -0.3 is 9.55 Å². The molecule has 2 heterocycles. The number of nitrogens with one attached hydrogen (secondary N) is 3. The van der Waals surface area contributed by atoms with Crippen LogP contribution in [0.2, 0.25) is 0 Å². The SMILES string of the molecule is CCn1c(C)nc2cc(C(=O)NNC(=O)c3ccc4c(=O)n(-c5ccccc5)c(=O)[nH]c4c3)ccc21. The summed E-state index contributed by atoms with van der Waals surface area (Å²) in [4.78, 5) is 57.9. The highest BCUT2D eigenvalue weighted by Gasteiger charge is 2.15. The number of carbonyl (C=O) groups is 2. The number of imidazole rings is 1. The second kappa shape index (κ2) is 8.99. The zero-order chi connectivity index (χ0) is 25.4. The van der Waals surface area contributed by atoms with Gasteiger partial charge in [0.1, 0.15) is 5.82 Å². The molecular formula is C26H22N6O4. The van der Waals surface area contributed by atoms with Crippen molar-refractivity contribution in [1.82, 2.24) is 30.0 Å². The molecule has 0 atom stereocenters. The first-order chi connectivity index (χ1) is 17.4. The van der Waals surface area contributed by atoms with E-state index < -0.39 is 23.1 Å². The molecule has 0 aliphatic carbocycles. The molecule has 2 aromatic heterocycles. The number of hydrogen-bond acceptors (Lipinski definition) is 5. The van der Waals surface area contributed by atoms with Gasteiger partial charge in [-0.25, -0.2) is 14.3 Å². The van der Waals surface area contributed by atoms with Crippen molar-refractivity contribution < 1.29 is 9.59 Å². The number of benzene rings is 3. The van der Waals surface area contributed by atoms with Crippen molar-refractivity contribution in [3.63, 3.8) is 0 Å². The molecule has 10 heteroatoms. The van der Waals surface area contributed by atoms with Crippen LogP contribution >= 0.6 is 0 Å². The number of amides is 2. The van der Waals surface area contributed by atoms with E-state index in [1.54, 1.807) is 42.5 Å². The zero-order valence-electron chi connectivity index (χ0n) is 19.5. The lowest BCUT2D eigenvalue weighted by Crippen LogP contribution is -2.41. The molecule has 5 aromatic rings. The van der Waals surface area contributed by atoms with Crippen LogP contribution in [0.3, 0.4) is 0 Å². The Morgan fingerprint density at radius 1 is 0.917 bits per heavy atom. The third kappa shape index (κ3) is 3.94. The van der Waals surface area contributed by atoms with E-state index in [1.807, 2.05) is 24.5 Å². The molecule has 0 aliphatic heterocycles. The van der Waals surface area contributed by atoms with Crippen molar-refractivity contribution in [2.45, 2.75) is 20.4 Å². The highest BCUT2D eigenvalue weighted by Crippen LogP contribution is 2.18. The van der Waals surface area contributed by atoms with Crippen molar-refractivity contribution in [2.75, 3.05) is 0 Å². The Kier molecular flexibility index (Phi) is 5.69. The lowest BCUT2D eigenvalue weighted by Gasteiger charge is -2.09. The Labute approximate surface area is 204 Å². The molecule has 0 saturated carbocycles. The summed E-state index contributed by atoms with van der Waals surface area (Å²) in [6.45, 7) is 4.68. The summed E-state index contributed by atoms with van der Waals surface area (Å²) >= 11 is 0. The highest BCUT2D eigenvalue weighted by molar-refractivity contribution is 6.01. The smallest absolute Gasteiger partial charge is 0.329 e. The van der Waals surface area contributed by atoms with Crippen molar-refractivity contribution in [3.05, 3.63) is 105 Å². The van der Waals surface area contributed by atoms with Crippen molar-refractivity contribution in [1.29, 1.82) is 0 Å². The van der Waals surface area contributed by atoms with Gasteiger partial charge in [-0.2, -0.15) is 0 Å². The third-order valence-electron chi connectivity index (χ3n) is 5.98. The van der Waals surface area contributed by atoms with E-state index in [-0.39, 0.29) is 16.5 Å². The number of para-hydroxylation sites is 1. The lowest BCUT2D eigenvalue weighted by molar-refractivity contribution is 0.0847. The van der Waals surface area contributed by atoms with E-state index >= 15 is 0 Å². The van der Waals surface area contributed by atoms with Gasteiger partial charge in [0.2, 0.25) is 0 Å². The summed E-state index contributed by atoms with van der Waals surface area (Å²) in [5.41, 5.74) is 6.38. The van der Waals surface area contributed by atoms with Gasteiger partial charge >= 0.3 is 5.69 Å². The number of aryl methyl sites for hydroxylation is 2. The molecule has 0 spiro atoms. The van der Waals surface area contributed by atoms with Crippen LogP contribution in [0.15, 0.2) is 76.3 Å². The normalized spacial score (nSPS) is 11.1. The van der Waals surface area contributed by atoms with Gasteiger partial charge in [-0.1, -0.05) is 18.2 Å². The number of hydrazine groups is 1. The zero-order valence-corrected chi connectivity index (χ0v) is 19.5. The van der Waals surface area contributed by atoms with E-state index in [9.17, 15) is 19.2 Å². The average Bonchev–Trinajstić information content (AvgIpc) is 3.21. The van der Waals surface area contributed by atoms with Gasteiger partial charge in [0, 0.05) is 17.7 Å². The number of rotatable bonds is 4. The minimum Gasteiger partial charge on any atom is -0.329 e. The average molecular weight is 483 g/mol. The first-order valence-electron chi connectivity index (χ1n) is 11.3. The number of fused-ring (bicyclic) bond motifs is 2. The van der Waals surface area contributed by atoms with Crippen LogP contribution in [0.25, 0.3) is 27.6 Å². The minimum atomic E-state index is -0.624. The second-order valence-electron chi connectivity index (χ2n) is 8.18. The molecule has 0 unspecified atom stereocenters. The fraction of sp³-hybridized carbons (Fsp3) is 0.115. The second-order valence-corrected chi connectivity index (χ2v) is 8.18. The lowest BCUT2D eigenvalue weighted by atomic mass is 10.1. The Morgan fingerprint density at radius 2 is 1.58 bits per heavy atom. The molecule has 0 aliphatic rings. The largest absolute Gasteiger partial charge is 0.333 e. The fourth-order valence-electron chi connectivity index (χ4n) is 4.22. The molecule has 36 heavy (non-hydrogen) atoms. The third-order valence-corrected chi connectivity index (χ3v) is 5.98. The number of aromatic nitrogens is 4. The molecule has 2 amide bonds.